The number of hydrogen-bond donors (Lipinski definition) is 0. The molecule has 70 valence electrons. The Hall–Kier alpha value is -1.01. The van der Waals surface area contributed by atoms with Gasteiger partial charge in [0.15, 0.2) is 0 Å². The Balaban J connectivity index is 0.000000310. The summed E-state index contributed by atoms with van der Waals surface area (Å²) in [4.78, 5) is 0. The van der Waals surface area contributed by atoms with Crippen LogP contribution in [0.25, 0.3) is 6.08 Å². The van der Waals surface area contributed by atoms with Crippen LogP contribution in [0.2, 0.25) is 0 Å². The summed E-state index contributed by atoms with van der Waals surface area (Å²) in [5.41, 5.74) is 2.74. The first-order valence-electron chi connectivity index (χ1n) is 4.24. The highest BCUT2D eigenvalue weighted by Crippen LogP contribution is 1.99. The van der Waals surface area contributed by atoms with E-state index in [0.717, 1.165) is 0 Å². The minimum Gasteiger partial charge on any atom is -0.0933 e. The fourth-order valence-corrected chi connectivity index (χ4v) is 0.757. The van der Waals surface area contributed by atoms with E-state index in [2.05, 4.69) is 18.2 Å². The Morgan fingerprint density at radius 1 is 1.00 bits per heavy atom. The smallest absolute Gasteiger partial charge is 0.0000330 e. The zero-order chi connectivity index (χ0) is 9.94. The zero-order valence-corrected chi connectivity index (χ0v) is 8.83. The molecule has 0 aliphatic carbocycles. The fraction of sp³-hybridized carbons (Fsp3) is 0.167. The molecule has 0 nitrogen and oxygen atoms in total. The van der Waals surface area contributed by atoms with Crippen LogP contribution >= 0.6 is 11.6 Å². The summed E-state index contributed by atoms with van der Waals surface area (Å²) in [6, 6.07) is 10.3. The van der Waals surface area contributed by atoms with Gasteiger partial charge in [-0.05, 0) is 24.9 Å². The molecule has 0 aliphatic heterocycles. The largest absolute Gasteiger partial charge is 0.0933 e. The molecule has 1 heteroatoms. The van der Waals surface area contributed by atoms with E-state index in [4.69, 9.17) is 11.6 Å². The number of allylic oxidation sites excluding steroid dienone is 2. The zero-order valence-electron chi connectivity index (χ0n) is 8.07. The van der Waals surface area contributed by atoms with Crippen molar-refractivity contribution in [2.75, 3.05) is 0 Å². The van der Waals surface area contributed by atoms with E-state index in [1.54, 1.807) is 6.08 Å². The number of hydrogen-bond acceptors (Lipinski definition) is 0. The van der Waals surface area contributed by atoms with Gasteiger partial charge < -0.3 is 0 Å². The van der Waals surface area contributed by atoms with E-state index in [9.17, 15) is 0 Å². The Labute approximate surface area is 85.6 Å². The summed E-state index contributed by atoms with van der Waals surface area (Å²) in [5, 5.41) is 0. The molecular weight excluding hydrogens is 180 g/mol. The highest BCUT2D eigenvalue weighted by atomic mass is 35.5. The van der Waals surface area contributed by atoms with Gasteiger partial charge in [0.1, 0.15) is 0 Å². The molecule has 1 rings (SSSR count). The van der Waals surface area contributed by atoms with Gasteiger partial charge in [0.2, 0.25) is 0 Å². The van der Waals surface area contributed by atoms with Gasteiger partial charge in [0, 0.05) is 0 Å². The number of benzene rings is 1. The van der Waals surface area contributed by atoms with Gasteiger partial charge in [-0.2, -0.15) is 0 Å². The molecule has 0 unspecified atom stereocenters. The molecule has 0 radical (unpaired) electrons. The van der Waals surface area contributed by atoms with Crippen LogP contribution in [0.1, 0.15) is 19.4 Å². The highest BCUT2D eigenvalue weighted by molar-refractivity contribution is 6.25. The van der Waals surface area contributed by atoms with Crippen LogP contribution in [0.4, 0.5) is 0 Å². The van der Waals surface area contributed by atoms with Crippen LogP contribution < -0.4 is 0 Å². The minimum absolute atomic E-state index is 1.26. The number of rotatable bonds is 1. The van der Waals surface area contributed by atoms with E-state index in [1.807, 2.05) is 38.1 Å². The van der Waals surface area contributed by atoms with E-state index in [1.165, 1.54) is 11.1 Å². The third-order valence-electron chi connectivity index (χ3n) is 1.28. The van der Waals surface area contributed by atoms with E-state index < -0.39 is 0 Å². The van der Waals surface area contributed by atoms with E-state index in [0.29, 0.717) is 0 Å². The summed E-state index contributed by atoms with van der Waals surface area (Å²) in [6.07, 6.45) is 5.89. The molecule has 0 N–H and O–H groups in total. The fourth-order valence-electron chi connectivity index (χ4n) is 0.757. The molecule has 0 aromatic heterocycles. The molecular formula is C12H15Cl. The molecule has 0 aliphatic rings. The molecule has 0 amide bonds. The molecule has 0 saturated heterocycles. The number of halogens is 1. The Kier molecular flexibility index (Phi) is 8.38. The van der Waals surface area contributed by atoms with E-state index >= 15 is 0 Å². The maximum atomic E-state index is 5.01. The standard InChI is InChI=1S/C9H10.C3H5Cl/c1-2-6-9-7-4-3-5-8-9;1-2-3-4/h2-8H,1H3;2-3H,1H3/b6-2+;3-2+. The van der Waals surface area contributed by atoms with Gasteiger partial charge in [-0.1, -0.05) is 60.2 Å². The van der Waals surface area contributed by atoms with Gasteiger partial charge in [0.05, 0.1) is 0 Å². The summed E-state index contributed by atoms with van der Waals surface area (Å²) < 4.78 is 0. The van der Waals surface area contributed by atoms with Crippen LogP contribution in [0.5, 0.6) is 0 Å². The third kappa shape index (κ3) is 7.35. The molecule has 0 heterocycles. The normalized spacial score (nSPS) is 10.1. The quantitative estimate of drug-likeness (QED) is 0.619. The van der Waals surface area contributed by atoms with E-state index in [-0.39, 0.29) is 0 Å². The van der Waals surface area contributed by atoms with Crippen LogP contribution in [0.15, 0.2) is 48.0 Å². The SMILES string of the molecule is C/C=C/Cl.C/C=C/c1ccccc1. The van der Waals surface area contributed by atoms with Crippen molar-refractivity contribution in [1.29, 1.82) is 0 Å². The lowest BCUT2D eigenvalue weighted by Gasteiger charge is -1.86. The topological polar surface area (TPSA) is 0 Å². The first kappa shape index (κ1) is 12.0. The lowest BCUT2D eigenvalue weighted by molar-refractivity contribution is 1.64. The molecule has 13 heavy (non-hydrogen) atoms. The van der Waals surface area contributed by atoms with Gasteiger partial charge >= 0.3 is 0 Å². The summed E-state index contributed by atoms with van der Waals surface area (Å²) in [5.74, 6) is 0. The molecule has 1 aromatic rings. The highest BCUT2D eigenvalue weighted by Gasteiger charge is 1.77. The summed E-state index contributed by atoms with van der Waals surface area (Å²) in [6.45, 7) is 3.89. The van der Waals surface area contributed by atoms with Crippen molar-refractivity contribution in [3.05, 3.63) is 53.6 Å². The Bertz CT molecular complexity index is 243. The molecule has 0 fully saturated rings. The first-order valence-corrected chi connectivity index (χ1v) is 4.68. The average Bonchev–Trinajstić information content (AvgIpc) is 2.20. The van der Waals surface area contributed by atoms with Crippen LogP contribution in [0, 0.1) is 0 Å². The van der Waals surface area contributed by atoms with Crippen molar-refractivity contribution in [3.63, 3.8) is 0 Å². The second-order valence-electron chi connectivity index (χ2n) is 2.37. The molecule has 0 saturated carbocycles. The lowest BCUT2D eigenvalue weighted by Crippen LogP contribution is -1.65. The average molecular weight is 195 g/mol. The Morgan fingerprint density at radius 2 is 1.54 bits per heavy atom. The third-order valence-corrected chi connectivity index (χ3v) is 1.54. The Morgan fingerprint density at radius 3 is 1.92 bits per heavy atom. The van der Waals surface area contributed by atoms with Crippen LogP contribution in [-0.2, 0) is 0 Å². The predicted molar refractivity (Wildman–Crippen MR) is 61.8 cm³/mol. The van der Waals surface area contributed by atoms with Gasteiger partial charge in [-0.15, -0.1) is 0 Å². The van der Waals surface area contributed by atoms with Crippen molar-refractivity contribution in [2.45, 2.75) is 13.8 Å². The van der Waals surface area contributed by atoms with Crippen molar-refractivity contribution < 1.29 is 0 Å². The summed E-state index contributed by atoms with van der Waals surface area (Å²) >= 11 is 5.01. The van der Waals surface area contributed by atoms with Gasteiger partial charge in [-0.25, -0.2) is 0 Å². The maximum Gasteiger partial charge on any atom is -0.0000330 e. The van der Waals surface area contributed by atoms with Gasteiger partial charge in [0.25, 0.3) is 0 Å². The van der Waals surface area contributed by atoms with Crippen molar-refractivity contribution in [2.24, 2.45) is 0 Å². The van der Waals surface area contributed by atoms with Crippen molar-refractivity contribution in [1.82, 2.24) is 0 Å². The monoisotopic (exact) mass is 194 g/mol. The first-order chi connectivity index (χ1) is 6.35. The minimum atomic E-state index is 1.26. The predicted octanol–water partition coefficient (Wildman–Crippen LogP) is 4.48. The molecule has 0 atom stereocenters. The van der Waals surface area contributed by atoms with Crippen LogP contribution in [0.3, 0.4) is 0 Å². The van der Waals surface area contributed by atoms with Crippen LogP contribution in [-0.4, -0.2) is 0 Å². The van der Waals surface area contributed by atoms with Gasteiger partial charge in [-0.3, -0.25) is 0 Å². The lowest BCUT2D eigenvalue weighted by atomic mass is 10.2. The molecule has 1 aromatic carbocycles. The molecule has 0 bridgehead atoms. The van der Waals surface area contributed by atoms with Crippen molar-refractivity contribution in [3.8, 4) is 0 Å². The summed E-state index contributed by atoms with van der Waals surface area (Å²) in [7, 11) is 0. The molecule has 0 spiro atoms. The second-order valence-corrected chi connectivity index (χ2v) is 2.62. The second kappa shape index (κ2) is 9.08. The van der Waals surface area contributed by atoms with Crippen molar-refractivity contribution >= 4 is 17.7 Å². The maximum absolute atomic E-state index is 5.01.